The third kappa shape index (κ3) is 2.27. The van der Waals surface area contributed by atoms with Gasteiger partial charge in [0.1, 0.15) is 17.9 Å². The molecule has 3 aromatic heterocycles. The minimum atomic E-state index is -0.108. The molecule has 1 unspecified atom stereocenters. The number of aromatic amines is 1. The molecule has 24 heavy (non-hydrogen) atoms. The van der Waals surface area contributed by atoms with Crippen molar-refractivity contribution in [2.24, 2.45) is 0 Å². The van der Waals surface area contributed by atoms with Crippen LogP contribution in [0.25, 0.3) is 21.9 Å². The smallest absolute Gasteiger partial charge is 0.236 e. The Bertz CT molecular complexity index is 986. The van der Waals surface area contributed by atoms with E-state index in [1.165, 1.54) is 0 Å². The van der Waals surface area contributed by atoms with Crippen molar-refractivity contribution < 1.29 is 4.79 Å². The number of amides is 1. The van der Waals surface area contributed by atoms with Crippen molar-refractivity contribution in [2.45, 2.75) is 25.7 Å². The maximum absolute atomic E-state index is 12.0. The fourth-order valence-electron chi connectivity index (χ4n) is 3.47. The zero-order valence-electron chi connectivity index (χ0n) is 13.3. The van der Waals surface area contributed by atoms with E-state index in [1.807, 2.05) is 25.3 Å². The predicted octanol–water partition coefficient (Wildman–Crippen LogP) is 2.04. The lowest BCUT2D eigenvalue weighted by atomic mass is 9.99. The standard InChI is InChI=1S/C17H16N6O/c1-10-21-13-8-20-17-12(3-6-19-17)15(13)16(22-10)11-4-7-23(9-11)14(24)2-5-18/h3,6,8,11H,2,4,7,9H2,1H3,(H,19,20). The van der Waals surface area contributed by atoms with Gasteiger partial charge in [-0.25, -0.2) is 15.0 Å². The van der Waals surface area contributed by atoms with Gasteiger partial charge >= 0.3 is 0 Å². The number of nitrogens with one attached hydrogen (secondary N) is 1. The number of fused-ring (bicyclic) bond motifs is 3. The Morgan fingerprint density at radius 3 is 3.21 bits per heavy atom. The number of carbonyl (C=O) groups is 1. The van der Waals surface area contributed by atoms with Crippen molar-refractivity contribution in [3.05, 3.63) is 30.0 Å². The van der Waals surface area contributed by atoms with Crippen LogP contribution in [0.2, 0.25) is 0 Å². The summed E-state index contributed by atoms with van der Waals surface area (Å²) >= 11 is 0. The summed E-state index contributed by atoms with van der Waals surface area (Å²) in [5, 5.41) is 10.7. The average molecular weight is 320 g/mol. The molecule has 0 aromatic carbocycles. The highest BCUT2D eigenvalue weighted by atomic mass is 16.2. The number of nitriles is 1. The summed E-state index contributed by atoms with van der Waals surface area (Å²) in [6.45, 7) is 3.13. The lowest BCUT2D eigenvalue weighted by Crippen LogP contribution is -2.27. The molecular formula is C17H16N6O. The zero-order valence-corrected chi connectivity index (χ0v) is 13.3. The Morgan fingerprint density at radius 1 is 1.50 bits per heavy atom. The molecule has 1 N–H and O–H groups in total. The van der Waals surface area contributed by atoms with Crippen LogP contribution < -0.4 is 0 Å². The molecule has 4 rings (SSSR count). The Morgan fingerprint density at radius 2 is 2.38 bits per heavy atom. The first kappa shape index (κ1) is 14.6. The van der Waals surface area contributed by atoms with Gasteiger partial charge in [0.25, 0.3) is 0 Å². The number of hydrogen-bond acceptors (Lipinski definition) is 5. The van der Waals surface area contributed by atoms with Gasteiger partial charge in [-0.05, 0) is 19.4 Å². The topological polar surface area (TPSA) is 98.6 Å². The van der Waals surface area contributed by atoms with Gasteiger partial charge in [-0.3, -0.25) is 4.79 Å². The number of aryl methyl sites for hydroxylation is 1. The molecule has 7 heteroatoms. The van der Waals surface area contributed by atoms with E-state index in [2.05, 4.69) is 15.0 Å². The van der Waals surface area contributed by atoms with Gasteiger partial charge in [0.2, 0.25) is 5.91 Å². The molecule has 0 bridgehead atoms. The fourth-order valence-corrected chi connectivity index (χ4v) is 3.47. The molecule has 1 aliphatic heterocycles. The summed E-state index contributed by atoms with van der Waals surface area (Å²) in [6.07, 6.45) is 4.40. The molecular weight excluding hydrogens is 304 g/mol. The number of likely N-dealkylation sites (tertiary alicyclic amines) is 1. The summed E-state index contributed by atoms with van der Waals surface area (Å²) in [5.74, 6) is 0.747. The van der Waals surface area contributed by atoms with E-state index in [-0.39, 0.29) is 18.2 Å². The second kappa shape index (κ2) is 5.57. The largest absolute Gasteiger partial charge is 0.346 e. The monoisotopic (exact) mass is 320 g/mol. The minimum absolute atomic E-state index is 0.0672. The van der Waals surface area contributed by atoms with Crippen molar-refractivity contribution in [1.29, 1.82) is 5.26 Å². The number of rotatable bonds is 2. The third-order valence-electron chi connectivity index (χ3n) is 4.55. The number of aromatic nitrogens is 4. The highest BCUT2D eigenvalue weighted by molar-refractivity contribution is 6.04. The fraction of sp³-hybridized carbons (Fsp3) is 0.353. The number of hydrogen-bond donors (Lipinski definition) is 1. The Balaban J connectivity index is 1.81. The van der Waals surface area contributed by atoms with Crippen LogP contribution in [-0.2, 0) is 4.79 Å². The van der Waals surface area contributed by atoms with E-state index >= 15 is 0 Å². The van der Waals surface area contributed by atoms with E-state index in [0.717, 1.165) is 34.1 Å². The summed E-state index contributed by atoms with van der Waals surface area (Å²) in [6, 6.07) is 3.92. The third-order valence-corrected chi connectivity index (χ3v) is 4.55. The van der Waals surface area contributed by atoms with Gasteiger partial charge < -0.3 is 9.88 Å². The van der Waals surface area contributed by atoms with Crippen molar-refractivity contribution in [2.75, 3.05) is 13.1 Å². The molecule has 1 atom stereocenters. The number of nitrogens with zero attached hydrogens (tertiary/aromatic N) is 5. The van der Waals surface area contributed by atoms with Crippen LogP contribution in [-0.4, -0.2) is 43.8 Å². The van der Waals surface area contributed by atoms with Gasteiger partial charge in [-0.2, -0.15) is 5.26 Å². The first-order valence-corrected chi connectivity index (χ1v) is 7.92. The Labute approximate surface area is 138 Å². The molecule has 1 aliphatic rings. The van der Waals surface area contributed by atoms with E-state index in [9.17, 15) is 4.79 Å². The van der Waals surface area contributed by atoms with E-state index in [4.69, 9.17) is 10.2 Å². The van der Waals surface area contributed by atoms with Gasteiger partial charge in [0, 0.05) is 36.0 Å². The molecule has 1 fully saturated rings. The van der Waals surface area contributed by atoms with Crippen molar-refractivity contribution in [1.82, 2.24) is 24.8 Å². The zero-order chi connectivity index (χ0) is 16.7. The predicted molar refractivity (Wildman–Crippen MR) is 88.1 cm³/mol. The van der Waals surface area contributed by atoms with Crippen molar-refractivity contribution in [3.8, 4) is 6.07 Å². The van der Waals surface area contributed by atoms with Gasteiger partial charge in [-0.15, -0.1) is 0 Å². The number of H-pyrrole nitrogens is 1. The van der Waals surface area contributed by atoms with Crippen LogP contribution in [0.1, 0.15) is 30.3 Å². The SMILES string of the molecule is Cc1nc(C2CCN(C(=O)CC#N)C2)c2c(cnc3[nH]ccc32)n1. The second-order valence-electron chi connectivity index (χ2n) is 6.07. The number of carbonyl (C=O) groups excluding carboxylic acids is 1. The highest BCUT2D eigenvalue weighted by Gasteiger charge is 2.30. The Kier molecular flexibility index (Phi) is 3.38. The normalized spacial score (nSPS) is 17.5. The van der Waals surface area contributed by atoms with Crippen LogP contribution in [0.15, 0.2) is 18.5 Å². The second-order valence-corrected chi connectivity index (χ2v) is 6.07. The maximum Gasteiger partial charge on any atom is 0.236 e. The Hall–Kier alpha value is -3.01. The minimum Gasteiger partial charge on any atom is -0.346 e. The summed E-state index contributed by atoms with van der Waals surface area (Å²) in [4.78, 5) is 30.5. The molecule has 4 heterocycles. The average Bonchev–Trinajstić information content (AvgIpc) is 3.23. The van der Waals surface area contributed by atoms with E-state index in [0.29, 0.717) is 18.9 Å². The van der Waals surface area contributed by atoms with Crippen LogP contribution in [0.4, 0.5) is 0 Å². The first-order chi connectivity index (χ1) is 11.7. The summed E-state index contributed by atoms with van der Waals surface area (Å²) in [7, 11) is 0. The summed E-state index contributed by atoms with van der Waals surface area (Å²) < 4.78 is 0. The molecule has 120 valence electrons. The van der Waals surface area contributed by atoms with Crippen molar-refractivity contribution >= 4 is 27.8 Å². The molecule has 0 spiro atoms. The first-order valence-electron chi connectivity index (χ1n) is 7.92. The van der Waals surface area contributed by atoms with Crippen LogP contribution in [0.3, 0.4) is 0 Å². The van der Waals surface area contributed by atoms with E-state index < -0.39 is 0 Å². The van der Waals surface area contributed by atoms with Crippen LogP contribution in [0, 0.1) is 18.3 Å². The van der Waals surface area contributed by atoms with Gasteiger partial charge in [0.05, 0.1) is 23.5 Å². The number of pyridine rings is 1. The molecule has 0 saturated carbocycles. The van der Waals surface area contributed by atoms with E-state index in [1.54, 1.807) is 11.1 Å². The molecule has 7 nitrogen and oxygen atoms in total. The lowest BCUT2D eigenvalue weighted by molar-refractivity contribution is -0.129. The van der Waals surface area contributed by atoms with Crippen LogP contribution in [0.5, 0.6) is 0 Å². The molecule has 1 saturated heterocycles. The summed E-state index contributed by atoms with van der Waals surface area (Å²) in [5.41, 5.74) is 2.61. The lowest BCUT2D eigenvalue weighted by Gasteiger charge is -2.16. The molecule has 0 aliphatic carbocycles. The maximum atomic E-state index is 12.0. The molecule has 0 radical (unpaired) electrons. The van der Waals surface area contributed by atoms with Crippen LogP contribution >= 0.6 is 0 Å². The highest BCUT2D eigenvalue weighted by Crippen LogP contribution is 2.33. The molecule has 1 amide bonds. The van der Waals surface area contributed by atoms with Gasteiger partial charge in [-0.1, -0.05) is 0 Å². The quantitative estimate of drug-likeness (QED) is 0.779. The molecule has 3 aromatic rings. The van der Waals surface area contributed by atoms with Gasteiger partial charge in [0.15, 0.2) is 0 Å². The van der Waals surface area contributed by atoms with Crippen molar-refractivity contribution in [3.63, 3.8) is 0 Å².